The summed E-state index contributed by atoms with van der Waals surface area (Å²) in [6.45, 7) is -2.11. The van der Waals surface area contributed by atoms with E-state index in [1.165, 1.54) is 0 Å². The number of aliphatic hydroxyl groups is 6. The number of hydrogen-bond acceptors (Lipinski definition) is 10. The molecule has 0 spiro atoms. The lowest BCUT2D eigenvalue weighted by molar-refractivity contribution is -0.328. The van der Waals surface area contributed by atoms with Gasteiger partial charge in [-0.25, -0.2) is 0 Å². The molecule has 10 heteroatoms. The van der Waals surface area contributed by atoms with Crippen LogP contribution in [-0.2, 0) is 19.1 Å². The Labute approximate surface area is 112 Å². The average molecular weight is 294 g/mol. The van der Waals surface area contributed by atoms with E-state index < -0.39 is 49.9 Å². The molecule has 0 bridgehead atoms. The minimum atomic E-state index is -3.13. The Morgan fingerprint density at radius 1 is 0.750 bits per heavy atom. The molecule has 0 aliphatic rings. The maximum atomic E-state index is 10.9. The van der Waals surface area contributed by atoms with Gasteiger partial charge in [0.05, 0.1) is 0 Å². The van der Waals surface area contributed by atoms with Crippen molar-refractivity contribution >= 4 is 11.9 Å². The largest absolute Gasteiger partial charge is 0.456 e. The van der Waals surface area contributed by atoms with Gasteiger partial charge in [0.15, 0.2) is 13.2 Å². The zero-order valence-electron chi connectivity index (χ0n) is 10.1. The molecule has 114 valence electrons. The van der Waals surface area contributed by atoms with Gasteiger partial charge in [-0.3, -0.25) is 9.59 Å². The Morgan fingerprint density at radius 2 is 1.05 bits per heavy atom. The molecule has 10 nitrogen and oxygen atoms in total. The average Bonchev–Trinajstić information content (AvgIpc) is 2.27. The van der Waals surface area contributed by atoms with Gasteiger partial charge in [-0.15, -0.1) is 0 Å². The van der Waals surface area contributed by atoms with Crippen LogP contribution in [0.1, 0.15) is 12.8 Å². The Hall–Kier alpha value is -1.74. The molecule has 0 rings (SSSR count). The number of hydrogen-bond donors (Lipinski definition) is 6. The molecular formula is C10H14O10. The quantitative estimate of drug-likeness (QED) is 0.161. The highest BCUT2D eigenvalue weighted by Crippen LogP contribution is 1.96. The van der Waals surface area contributed by atoms with E-state index in [2.05, 4.69) is 21.3 Å². The highest BCUT2D eigenvalue weighted by atomic mass is 16.7. The molecule has 0 aromatic carbocycles. The molecule has 0 saturated carbocycles. The summed E-state index contributed by atoms with van der Waals surface area (Å²) < 4.78 is 8.40. The van der Waals surface area contributed by atoms with Gasteiger partial charge in [0.1, 0.15) is 12.8 Å². The first-order valence-corrected chi connectivity index (χ1v) is 5.11. The van der Waals surface area contributed by atoms with Crippen LogP contribution in [0.25, 0.3) is 0 Å². The fraction of sp³-hybridized carbons (Fsp3) is 0.600. The maximum Gasteiger partial charge on any atom is 0.318 e. The topological polar surface area (TPSA) is 174 Å². The van der Waals surface area contributed by atoms with Crippen molar-refractivity contribution in [3.63, 3.8) is 0 Å². The second kappa shape index (κ2) is 7.75. The molecule has 0 radical (unpaired) electrons. The van der Waals surface area contributed by atoms with Crippen LogP contribution in [0.15, 0.2) is 0 Å². The van der Waals surface area contributed by atoms with Crippen molar-refractivity contribution < 1.29 is 49.7 Å². The standard InChI is InChI=1S/C10H14O10/c11-7(19-5-9(13,14)15)3-1-2-4-8(12)20-6-10(16,17)18/h13-18H,3-6H2. The molecule has 0 unspecified atom stereocenters. The molecular weight excluding hydrogens is 280 g/mol. The fourth-order valence-electron chi connectivity index (χ4n) is 0.726. The van der Waals surface area contributed by atoms with E-state index in [0.717, 1.165) is 0 Å². The van der Waals surface area contributed by atoms with Crippen molar-refractivity contribution in [2.24, 2.45) is 0 Å². The van der Waals surface area contributed by atoms with Crippen LogP contribution in [0.2, 0.25) is 0 Å². The van der Waals surface area contributed by atoms with Gasteiger partial charge in [0, 0.05) is 0 Å². The Balaban J connectivity index is 3.88. The van der Waals surface area contributed by atoms with E-state index in [1.54, 1.807) is 0 Å². The first-order valence-electron chi connectivity index (χ1n) is 5.11. The van der Waals surface area contributed by atoms with E-state index in [4.69, 9.17) is 30.6 Å². The van der Waals surface area contributed by atoms with E-state index in [1.807, 2.05) is 0 Å². The molecule has 6 N–H and O–H groups in total. The molecule has 0 atom stereocenters. The Bertz CT molecular complexity index is 355. The number of carbonyl (C=O) groups is 2. The third-order valence-electron chi connectivity index (χ3n) is 1.44. The predicted molar refractivity (Wildman–Crippen MR) is 57.7 cm³/mol. The van der Waals surface area contributed by atoms with Crippen molar-refractivity contribution in [1.82, 2.24) is 0 Å². The van der Waals surface area contributed by atoms with Crippen LogP contribution in [0.4, 0.5) is 0 Å². The summed E-state index contributed by atoms with van der Waals surface area (Å²) in [6.07, 6.45) is -0.958. The highest BCUT2D eigenvalue weighted by Gasteiger charge is 2.21. The first-order chi connectivity index (χ1) is 8.99. The van der Waals surface area contributed by atoms with Crippen molar-refractivity contribution in [2.45, 2.75) is 24.8 Å². The van der Waals surface area contributed by atoms with Crippen molar-refractivity contribution in [1.29, 1.82) is 0 Å². The zero-order valence-corrected chi connectivity index (χ0v) is 10.1. The number of carbonyl (C=O) groups excluding carboxylic acids is 2. The lowest BCUT2D eigenvalue weighted by Crippen LogP contribution is -2.34. The van der Waals surface area contributed by atoms with Crippen LogP contribution in [-0.4, -0.2) is 67.7 Å². The van der Waals surface area contributed by atoms with Gasteiger partial charge in [0.2, 0.25) is 0 Å². The molecule has 0 aliphatic carbocycles. The van der Waals surface area contributed by atoms with E-state index in [9.17, 15) is 9.59 Å². The second-order valence-corrected chi connectivity index (χ2v) is 3.58. The SMILES string of the molecule is O=C(CC#CCC(=O)OCC(O)(O)O)OCC(O)(O)O. The van der Waals surface area contributed by atoms with Gasteiger partial charge < -0.3 is 40.1 Å². The summed E-state index contributed by atoms with van der Waals surface area (Å²) in [5, 5.41) is 50.5. The zero-order chi connectivity index (χ0) is 15.8. The summed E-state index contributed by atoms with van der Waals surface area (Å²) in [6, 6.07) is 0. The lowest BCUT2D eigenvalue weighted by atomic mass is 10.3. The summed E-state index contributed by atoms with van der Waals surface area (Å²) in [5.74, 6) is -3.80. The summed E-state index contributed by atoms with van der Waals surface area (Å²) >= 11 is 0. The Kier molecular flexibility index (Phi) is 7.08. The van der Waals surface area contributed by atoms with Crippen LogP contribution in [0.5, 0.6) is 0 Å². The fourth-order valence-corrected chi connectivity index (χ4v) is 0.726. The minimum absolute atomic E-state index is 0.479. The summed E-state index contributed by atoms with van der Waals surface area (Å²) in [7, 11) is 0. The van der Waals surface area contributed by atoms with Gasteiger partial charge in [-0.1, -0.05) is 11.8 Å². The van der Waals surface area contributed by atoms with Gasteiger partial charge in [-0.05, 0) is 0 Å². The summed E-state index contributed by atoms with van der Waals surface area (Å²) in [5.41, 5.74) is 0. The third-order valence-corrected chi connectivity index (χ3v) is 1.44. The molecule has 0 fully saturated rings. The molecule has 0 aromatic rings. The van der Waals surface area contributed by atoms with Crippen LogP contribution < -0.4 is 0 Å². The lowest BCUT2D eigenvalue weighted by Gasteiger charge is -2.13. The molecule has 0 saturated heterocycles. The van der Waals surface area contributed by atoms with Gasteiger partial charge >= 0.3 is 23.9 Å². The van der Waals surface area contributed by atoms with Crippen molar-refractivity contribution in [3.8, 4) is 11.8 Å². The molecule has 0 amide bonds. The summed E-state index contributed by atoms with van der Waals surface area (Å²) in [4.78, 5) is 21.8. The highest BCUT2D eigenvalue weighted by molar-refractivity contribution is 5.74. The number of ether oxygens (including phenoxy) is 2. The normalized spacial score (nSPS) is 11.3. The monoisotopic (exact) mass is 294 g/mol. The third kappa shape index (κ3) is 12.7. The smallest absolute Gasteiger partial charge is 0.318 e. The van der Waals surface area contributed by atoms with Crippen LogP contribution in [0, 0.1) is 11.8 Å². The number of rotatable bonds is 6. The van der Waals surface area contributed by atoms with E-state index in [0.29, 0.717) is 0 Å². The van der Waals surface area contributed by atoms with Gasteiger partial charge in [-0.2, -0.15) is 0 Å². The van der Waals surface area contributed by atoms with Crippen LogP contribution in [0.3, 0.4) is 0 Å². The van der Waals surface area contributed by atoms with E-state index >= 15 is 0 Å². The molecule has 0 aliphatic heterocycles. The molecule has 0 aromatic heterocycles. The first kappa shape index (κ1) is 18.3. The molecule has 20 heavy (non-hydrogen) atoms. The molecule has 0 heterocycles. The van der Waals surface area contributed by atoms with Gasteiger partial charge in [0.25, 0.3) is 0 Å². The Morgan fingerprint density at radius 3 is 1.30 bits per heavy atom. The van der Waals surface area contributed by atoms with Crippen molar-refractivity contribution in [3.05, 3.63) is 0 Å². The number of esters is 2. The predicted octanol–water partition coefficient (Wildman–Crippen LogP) is -3.88. The van der Waals surface area contributed by atoms with Crippen LogP contribution >= 0.6 is 0 Å². The van der Waals surface area contributed by atoms with E-state index in [-0.39, 0.29) is 0 Å². The maximum absolute atomic E-state index is 10.9. The minimum Gasteiger partial charge on any atom is -0.456 e. The van der Waals surface area contributed by atoms with Crippen molar-refractivity contribution in [2.75, 3.05) is 13.2 Å². The second-order valence-electron chi connectivity index (χ2n) is 3.58.